The Balaban J connectivity index is 1.85. The van der Waals surface area contributed by atoms with Gasteiger partial charge in [0.2, 0.25) is 5.88 Å². The molecule has 1 aliphatic heterocycles. The van der Waals surface area contributed by atoms with E-state index in [0.717, 1.165) is 0 Å². The van der Waals surface area contributed by atoms with E-state index in [4.69, 9.17) is 15.2 Å². The Kier molecular flexibility index (Phi) is 4.67. The Labute approximate surface area is 149 Å². The number of halogens is 1. The number of rotatable bonds is 6. The lowest BCUT2D eigenvalue weighted by atomic mass is 9.99. The molecule has 2 heterocycles. The summed E-state index contributed by atoms with van der Waals surface area (Å²) in [6.07, 6.45) is 1.71. The van der Waals surface area contributed by atoms with Crippen LogP contribution >= 0.6 is 0 Å². The van der Waals surface area contributed by atoms with Crippen LogP contribution in [-0.2, 0) is 4.79 Å². The van der Waals surface area contributed by atoms with Gasteiger partial charge in [-0.3, -0.25) is 9.59 Å². The normalized spacial score (nSPS) is 22.3. The number of carbonyl (C=O) groups excluding carboxylic acids is 2. The van der Waals surface area contributed by atoms with E-state index in [0.29, 0.717) is 22.4 Å². The van der Waals surface area contributed by atoms with Crippen LogP contribution in [0.5, 0.6) is 11.6 Å². The van der Waals surface area contributed by atoms with Crippen LogP contribution in [0.25, 0.3) is 10.8 Å². The number of benzene rings is 1. The molecule has 0 saturated carbocycles. The Bertz CT molecular complexity index is 873. The first-order chi connectivity index (χ1) is 12.4. The Morgan fingerprint density at radius 3 is 2.88 bits per heavy atom. The topological polar surface area (TPSA) is 104 Å². The number of primary amides is 1. The van der Waals surface area contributed by atoms with Gasteiger partial charge in [0.05, 0.1) is 18.7 Å². The lowest BCUT2D eigenvalue weighted by Crippen LogP contribution is -2.34. The molecule has 0 bridgehead atoms. The number of carbonyl (C=O) groups is 2. The number of pyridine rings is 1. The molecular weight excluding hydrogens is 341 g/mol. The van der Waals surface area contributed by atoms with Crippen molar-refractivity contribution in [1.29, 1.82) is 0 Å². The van der Waals surface area contributed by atoms with Gasteiger partial charge in [-0.15, -0.1) is 0 Å². The van der Waals surface area contributed by atoms with Gasteiger partial charge in [0.15, 0.2) is 5.67 Å². The lowest BCUT2D eigenvalue weighted by Gasteiger charge is -2.15. The molecule has 1 fully saturated rings. The fourth-order valence-corrected chi connectivity index (χ4v) is 3.08. The first kappa shape index (κ1) is 17.9. The number of hydrogen-bond donors (Lipinski definition) is 2. The van der Waals surface area contributed by atoms with Crippen molar-refractivity contribution in [3.05, 3.63) is 30.0 Å². The fraction of sp³-hybridized carbons (Fsp3) is 0.389. The zero-order valence-corrected chi connectivity index (χ0v) is 14.5. The summed E-state index contributed by atoms with van der Waals surface area (Å²) in [4.78, 5) is 27.5. The van der Waals surface area contributed by atoms with Crippen molar-refractivity contribution in [2.75, 3.05) is 13.7 Å². The highest BCUT2D eigenvalue weighted by Gasteiger charge is 2.46. The number of nitrogens with two attached hydrogens (primary N) is 1. The summed E-state index contributed by atoms with van der Waals surface area (Å²) in [6, 6.07) is 4.51. The first-order valence-corrected chi connectivity index (χ1v) is 8.27. The van der Waals surface area contributed by atoms with E-state index in [1.54, 1.807) is 25.1 Å². The van der Waals surface area contributed by atoms with Gasteiger partial charge in [0.1, 0.15) is 12.4 Å². The van der Waals surface area contributed by atoms with Gasteiger partial charge in [0.25, 0.3) is 11.8 Å². The number of nitrogens with one attached hydrogen (secondary N) is 1. The van der Waals surface area contributed by atoms with Crippen molar-refractivity contribution in [2.24, 2.45) is 5.73 Å². The minimum absolute atomic E-state index is 0.0578. The molecule has 1 aromatic heterocycles. The average molecular weight is 361 g/mol. The van der Waals surface area contributed by atoms with E-state index in [2.05, 4.69) is 10.3 Å². The van der Waals surface area contributed by atoms with Crippen molar-refractivity contribution >= 4 is 22.6 Å². The number of hydrogen-bond acceptors (Lipinski definition) is 5. The molecule has 2 atom stereocenters. The number of amides is 2. The predicted octanol–water partition coefficient (Wildman–Crippen LogP) is 1.73. The molecule has 1 aromatic carbocycles. The molecule has 1 unspecified atom stereocenters. The number of ether oxygens (including phenoxy) is 2. The minimum Gasteiger partial charge on any atom is -0.496 e. The van der Waals surface area contributed by atoms with Crippen molar-refractivity contribution < 1.29 is 23.5 Å². The largest absolute Gasteiger partial charge is 0.496 e. The molecule has 26 heavy (non-hydrogen) atoms. The van der Waals surface area contributed by atoms with E-state index >= 15 is 0 Å². The summed E-state index contributed by atoms with van der Waals surface area (Å²) in [5, 5.41) is 3.94. The number of fused-ring (bicyclic) bond motifs is 1. The van der Waals surface area contributed by atoms with Crippen LogP contribution in [0.1, 0.15) is 30.1 Å². The molecule has 2 aromatic rings. The van der Waals surface area contributed by atoms with Gasteiger partial charge < -0.3 is 20.5 Å². The second-order valence-corrected chi connectivity index (χ2v) is 6.26. The highest BCUT2D eigenvalue weighted by molar-refractivity contribution is 6.01. The van der Waals surface area contributed by atoms with E-state index in [1.165, 1.54) is 13.3 Å². The summed E-state index contributed by atoms with van der Waals surface area (Å²) in [5.41, 5.74) is 3.78. The number of nitrogens with zero attached hydrogens (tertiary/aromatic N) is 1. The Morgan fingerprint density at radius 1 is 1.50 bits per heavy atom. The molecule has 0 aliphatic carbocycles. The number of methoxy groups -OCH3 is 1. The maximum Gasteiger partial charge on any atom is 0.258 e. The second-order valence-electron chi connectivity index (χ2n) is 6.26. The summed E-state index contributed by atoms with van der Waals surface area (Å²) in [5.74, 6) is -0.590. The van der Waals surface area contributed by atoms with Gasteiger partial charge in [-0.1, -0.05) is 6.92 Å². The highest BCUT2D eigenvalue weighted by atomic mass is 19.1. The van der Waals surface area contributed by atoms with Gasteiger partial charge in [-0.25, -0.2) is 9.37 Å². The smallest absolute Gasteiger partial charge is 0.258 e. The van der Waals surface area contributed by atoms with E-state index in [1.807, 2.05) is 0 Å². The quantitative estimate of drug-likeness (QED) is 0.815. The third kappa shape index (κ3) is 3.14. The molecule has 3 rings (SSSR count). The molecule has 2 amide bonds. The molecule has 1 saturated heterocycles. The van der Waals surface area contributed by atoms with Gasteiger partial charge in [-0.2, -0.15) is 0 Å². The minimum atomic E-state index is -1.85. The number of alkyl halides is 1. The Hall–Kier alpha value is -2.90. The van der Waals surface area contributed by atoms with Gasteiger partial charge >= 0.3 is 0 Å². The van der Waals surface area contributed by atoms with Crippen molar-refractivity contribution in [2.45, 2.75) is 31.5 Å². The average Bonchev–Trinajstić information content (AvgIpc) is 2.93. The highest BCUT2D eigenvalue weighted by Crippen LogP contribution is 2.32. The third-order valence-corrected chi connectivity index (χ3v) is 4.61. The molecule has 8 heteroatoms. The molecule has 3 N–H and O–H groups in total. The summed E-state index contributed by atoms with van der Waals surface area (Å²) in [6.45, 7) is 1.72. The summed E-state index contributed by atoms with van der Waals surface area (Å²) >= 11 is 0. The molecule has 7 nitrogen and oxygen atoms in total. The molecule has 138 valence electrons. The first-order valence-electron chi connectivity index (χ1n) is 8.27. The molecule has 0 spiro atoms. The molecule has 1 aliphatic rings. The SMILES string of the molecule is CC[C@]1(F)CC(COc2nccc3cc(C(N)=O)c(OC)cc23)NC1=O. The van der Waals surface area contributed by atoms with Gasteiger partial charge in [0, 0.05) is 18.0 Å². The standard InChI is InChI=1S/C18H20FN3O4/c1-3-18(19)8-11(22-17(18)24)9-26-16-12-7-14(25-2)13(15(20)23)6-10(12)4-5-21-16/h4-7,11H,3,8-9H2,1-2H3,(H2,20,23)(H,22,24)/t11?,18-/m0/s1. The maximum atomic E-state index is 14.3. The lowest BCUT2D eigenvalue weighted by molar-refractivity contribution is -0.129. The van der Waals surface area contributed by atoms with Crippen LogP contribution in [0.3, 0.4) is 0 Å². The molecular formula is C18H20FN3O4. The van der Waals surface area contributed by atoms with E-state index in [9.17, 15) is 14.0 Å². The van der Waals surface area contributed by atoms with E-state index in [-0.39, 0.29) is 25.0 Å². The predicted molar refractivity (Wildman–Crippen MR) is 93.0 cm³/mol. The van der Waals surface area contributed by atoms with Crippen LogP contribution in [0, 0.1) is 0 Å². The number of aromatic nitrogens is 1. The fourth-order valence-electron chi connectivity index (χ4n) is 3.08. The third-order valence-electron chi connectivity index (χ3n) is 4.61. The van der Waals surface area contributed by atoms with Crippen LogP contribution in [0.2, 0.25) is 0 Å². The van der Waals surface area contributed by atoms with Crippen molar-refractivity contribution in [3.8, 4) is 11.6 Å². The van der Waals surface area contributed by atoms with Gasteiger partial charge in [-0.05, 0) is 30.0 Å². The van der Waals surface area contributed by atoms with Crippen LogP contribution in [0.4, 0.5) is 4.39 Å². The van der Waals surface area contributed by atoms with Crippen LogP contribution < -0.4 is 20.5 Å². The van der Waals surface area contributed by atoms with Crippen LogP contribution in [0.15, 0.2) is 24.4 Å². The van der Waals surface area contributed by atoms with Crippen molar-refractivity contribution in [1.82, 2.24) is 10.3 Å². The zero-order valence-electron chi connectivity index (χ0n) is 14.5. The molecule has 0 radical (unpaired) electrons. The van der Waals surface area contributed by atoms with Crippen molar-refractivity contribution in [3.63, 3.8) is 0 Å². The summed E-state index contributed by atoms with van der Waals surface area (Å²) in [7, 11) is 1.43. The summed E-state index contributed by atoms with van der Waals surface area (Å²) < 4.78 is 25.3. The monoisotopic (exact) mass is 361 g/mol. The Morgan fingerprint density at radius 2 is 2.27 bits per heavy atom. The van der Waals surface area contributed by atoms with E-state index < -0.39 is 23.5 Å². The van der Waals surface area contributed by atoms with Crippen LogP contribution in [-0.4, -0.2) is 42.2 Å². The maximum absolute atomic E-state index is 14.3. The second kappa shape index (κ2) is 6.78. The zero-order chi connectivity index (χ0) is 18.9.